The number of rotatable bonds is 3. The maximum atomic E-state index is 12.8. The van der Waals surface area contributed by atoms with Crippen molar-refractivity contribution < 1.29 is 9.59 Å². The maximum Gasteiger partial charge on any atom is 0.252 e. The lowest BCUT2D eigenvalue weighted by atomic mass is 9.96. The fourth-order valence-corrected chi connectivity index (χ4v) is 2.56. The van der Waals surface area contributed by atoms with E-state index < -0.39 is 5.54 Å². The fourth-order valence-electron chi connectivity index (χ4n) is 2.56. The summed E-state index contributed by atoms with van der Waals surface area (Å²) >= 11 is 0. The van der Waals surface area contributed by atoms with Gasteiger partial charge in [-0.2, -0.15) is 0 Å². The third kappa shape index (κ3) is 3.09. The molecule has 4 nitrogen and oxygen atoms in total. The molecule has 1 N–H and O–H groups in total. The summed E-state index contributed by atoms with van der Waals surface area (Å²) in [6, 6.07) is 8.05. The molecule has 1 heterocycles. The number of nitrogens with one attached hydrogen (secondary N) is 1. The summed E-state index contributed by atoms with van der Waals surface area (Å²) in [4.78, 5) is 26.3. The molecule has 21 heavy (non-hydrogen) atoms. The summed E-state index contributed by atoms with van der Waals surface area (Å²) in [6.45, 7) is 8.44. The predicted octanol–water partition coefficient (Wildman–Crippen LogP) is 2.83. The van der Waals surface area contributed by atoms with Crippen LogP contribution in [0, 0.1) is 0 Å². The van der Waals surface area contributed by atoms with Gasteiger partial charge in [-0.3, -0.25) is 9.59 Å². The van der Waals surface area contributed by atoms with Crippen LogP contribution in [0.25, 0.3) is 0 Å². The molecule has 1 fully saturated rings. The SMILES string of the molecule is CCC1(C)NC(=O)CCN(c2ccc(C(C)C)cc2)C1=O. The van der Waals surface area contributed by atoms with Gasteiger partial charge in [0.2, 0.25) is 5.91 Å². The monoisotopic (exact) mass is 288 g/mol. The first kappa shape index (κ1) is 15.5. The standard InChI is InChI=1S/C17H24N2O2/c1-5-17(4)16(21)19(11-10-15(20)18-17)14-8-6-13(7-9-14)12(2)3/h6-9,12H,5,10-11H2,1-4H3,(H,18,20). The Hall–Kier alpha value is -1.84. The summed E-state index contributed by atoms with van der Waals surface area (Å²) in [6.07, 6.45) is 0.922. The van der Waals surface area contributed by atoms with Crippen molar-refractivity contribution in [1.82, 2.24) is 5.32 Å². The van der Waals surface area contributed by atoms with Crippen molar-refractivity contribution in [3.8, 4) is 0 Å². The number of carbonyl (C=O) groups excluding carboxylic acids is 2. The Kier molecular flexibility index (Phi) is 4.35. The van der Waals surface area contributed by atoms with Gasteiger partial charge < -0.3 is 10.2 Å². The Morgan fingerprint density at radius 2 is 1.86 bits per heavy atom. The lowest BCUT2D eigenvalue weighted by molar-refractivity contribution is -0.129. The average molecular weight is 288 g/mol. The molecule has 0 bridgehead atoms. The Labute approximate surface area is 126 Å². The Bertz CT molecular complexity index is 536. The van der Waals surface area contributed by atoms with Crippen LogP contribution >= 0.6 is 0 Å². The second-order valence-corrected chi connectivity index (χ2v) is 6.19. The molecule has 2 rings (SSSR count). The van der Waals surface area contributed by atoms with Crippen molar-refractivity contribution in [1.29, 1.82) is 0 Å². The van der Waals surface area contributed by atoms with E-state index in [0.29, 0.717) is 25.3 Å². The van der Waals surface area contributed by atoms with E-state index >= 15 is 0 Å². The van der Waals surface area contributed by atoms with Crippen LogP contribution in [0.4, 0.5) is 5.69 Å². The Morgan fingerprint density at radius 1 is 1.24 bits per heavy atom. The lowest BCUT2D eigenvalue weighted by Gasteiger charge is -2.31. The van der Waals surface area contributed by atoms with Gasteiger partial charge in [0.25, 0.3) is 5.91 Å². The van der Waals surface area contributed by atoms with Crippen LogP contribution < -0.4 is 10.2 Å². The molecule has 1 aromatic carbocycles. The van der Waals surface area contributed by atoms with Gasteiger partial charge >= 0.3 is 0 Å². The lowest BCUT2D eigenvalue weighted by Crippen LogP contribution is -2.54. The van der Waals surface area contributed by atoms with Crippen molar-refractivity contribution in [3.63, 3.8) is 0 Å². The number of hydrogen-bond donors (Lipinski definition) is 1. The quantitative estimate of drug-likeness (QED) is 0.929. The molecule has 1 saturated heterocycles. The maximum absolute atomic E-state index is 12.8. The van der Waals surface area contributed by atoms with Crippen LogP contribution in [0.5, 0.6) is 0 Å². The molecule has 1 atom stereocenters. The largest absolute Gasteiger partial charge is 0.342 e. The number of anilines is 1. The van der Waals surface area contributed by atoms with E-state index in [1.165, 1.54) is 5.56 Å². The number of amides is 2. The third-order valence-electron chi connectivity index (χ3n) is 4.27. The van der Waals surface area contributed by atoms with Crippen molar-refractivity contribution >= 4 is 17.5 Å². The van der Waals surface area contributed by atoms with E-state index in [1.54, 1.807) is 11.8 Å². The fraction of sp³-hybridized carbons (Fsp3) is 0.529. The predicted molar refractivity (Wildman–Crippen MR) is 84.3 cm³/mol. The van der Waals surface area contributed by atoms with E-state index in [2.05, 4.69) is 31.3 Å². The molecule has 1 aliphatic rings. The van der Waals surface area contributed by atoms with Crippen LogP contribution in [0.2, 0.25) is 0 Å². The van der Waals surface area contributed by atoms with Crippen LogP contribution in [-0.4, -0.2) is 23.9 Å². The van der Waals surface area contributed by atoms with Crippen molar-refractivity contribution in [2.45, 2.75) is 52.0 Å². The molecule has 4 heteroatoms. The second-order valence-electron chi connectivity index (χ2n) is 6.19. The van der Waals surface area contributed by atoms with E-state index in [0.717, 1.165) is 5.69 Å². The van der Waals surface area contributed by atoms with Crippen molar-refractivity contribution in [2.75, 3.05) is 11.4 Å². The van der Waals surface area contributed by atoms with Crippen LogP contribution in [0.1, 0.15) is 52.0 Å². The van der Waals surface area contributed by atoms with Crippen LogP contribution in [0.3, 0.4) is 0 Å². The zero-order valence-corrected chi connectivity index (χ0v) is 13.3. The summed E-state index contributed by atoms with van der Waals surface area (Å²) in [7, 11) is 0. The topological polar surface area (TPSA) is 49.4 Å². The summed E-state index contributed by atoms with van der Waals surface area (Å²) in [5, 5.41) is 2.85. The van der Waals surface area contributed by atoms with Gasteiger partial charge in [0.05, 0.1) is 0 Å². The van der Waals surface area contributed by atoms with E-state index in [4.69, 9.17) is 0 Å². The first-order valence-electron chi connectivity index (χ1n) is 7.60. The molecule has 0 aromatic heterocycles. The molecule has 114 valence electrons. The van der Waals surface area contributed by atoms with Crippen LogP contribution in [-0.2, 0) is 9.59 Å². The number of benzene rings is 1. The highest BCUT2D eigenvalue weighted by molar-refractivity contribution is 6.03. The summed E-state index contributed by atoms with van der Waals surface area (Å²) in [5.74, 6) is 0.366. The summed E-state index contributed by atoms with van der Waals surface area (Å²) in [5.41, 5.74) is 1.29. The summed E-state index contributed by atoms with van der Waals surface area (Å²) < 4.78 is 0. The number of carbonyl (C=O) groups is 2. The van der Waals surface area contributed by atoms with Crippen molar-refractivity contribution in [2.24, 2.45) is 0 Å². The Morgan fingerprint density at radius 3 is 2.38 bits per heavy atom. The first-order chi connectivity index (χ1) is 9.87. The van der Waals surface area contributed by atoms with E-state index in [1.807, 2.05) is 19.1 Å². The molecule has 2 amide bonds. The van der Waals surface area contributed by atoms with Gasteiger partial charge in [0.15, 0.2) is 0 Å². The second kappa shape index (κ2) is 5.88. The minimum atomic E-state index is -0.815. The highest BCUT2D eigenvalue weighted by Gasteiger charge is 2.39. The molecule has 0 spiro atoms. The van der Waals surface area contributed by atoms with E-state index in [9.17, 15) is 9.59 Å². The molecule has 0 radical (unpaired) electrons. The molecule has 1 aromatic rings. The zero-order chi connectivity index (χ0) is 15.6. The molecular weight excluding hydrogens is 264 g/mol. The highest BCUT2D eigenvalue weighted by Crippen LogP contribution is 2.25. The van der Waals surface area contributed by atoms with Crippen molar-refractivity contribution in [3.05, 3.63) is 29.8 Å². The minimum Gasteiger partial charge on any atom is -0.342 e. The first-order valence-corrected chi connectivity index (χ1v) is 7.60. The Balaban J connectivity index is 2.32. The smallest absolute Gasteiger partial charge is 0.252 e. The molecule has 0 saturated carbocycles. The highest BCUT2D eigenvalue weighted by atomic mass is 16.2. The van der Waals surface area contributed by atoms with Gasteiger partial charge in [0, 0.05) is 18.7 Å². The van der Waals surface area contributed by atoms with Gasteiger partial charge in [-0.25, -0.2) is 0 Å². The average Bonchev–Trinajstić information content (AvgIpc) is 2.57. The van der Waals surface area contributed by atoms with Gasteiger partial charge in [0.1, 0.15) is 5.54 Å². The number of hydrogen-bond acceptors (Lipinski definition) is 2. The zero-order valence-electron chi connectivity index (χ0n) is 13.3. The van der Waals surface area contributed by atoms with Gasteiger partial charge in [-0.05, 0) is 37.0 Å². The third-order valence-corrected chi connectivity index (χ3v) is 4.27. The van der Waals surface area contributed by atoms with Crippen LogP contribution in [0.15, 0.2) is 24.3 Å². The molecule has 1 aliphatic heterocycles. The normalized spacial score (nSPS) is 23.2. The van der Waals surface area contributed by atoms with Gasteiger partial charge in [-0.1, -0.05) is 32.9 Å². The molecule has 0 aliphatic carbocycles. The molecule has 1 unspecified atom stereocenters. The van der Waals surface area contributed by atoms with E-state index in [-0.39, 0.29) is 11.8 Å². The number of nitrogens with zero attached hydrogens (tertiary/aromatic N) is 1. The minimum absolute atomic E-state index is 0.0341. The molecular formula is C17H24N2O2. The van der Waals surface area contributed by atoms with Gasteiger partial charge in [-0.15, -0.1) is 0 Å².